The summed E-state index contributed by atoms with van der Waals surface area (Å²) in [6.07, 6.45) is 1.71. The molecule has 1 aliphatic rings. The molecule has 1 aromatic heterocycles. The highest BCUT2D eigenvalue weighted by Gasteiger charge is 2.30. The lowest BCUT2D eigenvalue weighted by Crippen LogP contribution is -2.57. The van der Waals surface area contributed by atoms with Crippen molar-refractivity contribution in [1.29, 1.82) is 0 Å². The van der Waals surface area contributed by atoms with Crippen LogP contribution in [0.2, 0.25) is 0 Å². The standard InChI is InChI=1S/C14H20N4O2/c1-4-15-9(2)12-6-5-11(7-16-12)18-8-13(19)17-14(20)10(18)3/h5-7,9-10,15H,4,8H2,1-3H3,(H,17,19,20). The number of anilines is 1. The second-order valence-corrected chi connectivity index (χ2v) is 4.94. The SMILES string of the molecule is CCNC(C)c1ccc(N2CC(=O)NC(=O)C2C)cn1. The molecule has 0 aliphatic carbocycles. The van der Waals surface area contributed by atoms with Gasteiger partial charge in [0.15, 0.2) is 0 Å². The summed E-state index contributed by atoms with van der Waals surface area (Å²) >= 11 is 0. The number of nitrogens with zero attached hydrogens (tertiary/aromatic N) is 2. The lowest BCUT2D eigenvalue weighted by molar-refractivity contribution is -0.132. The van der Waals surface area contributed by atoms with Crippen molar-refractivity contribution in [2.75, 3.05) is 18.0 Å². The largest absolute Gasteiger partial charge is 0.349 e. The number of carbonyl (C=O) groups is 2. The molecular formula is C14H20N4O2. The molecule has 1 fully saturated rings. The van der Waals surface area contributed by atoms with E-state index in [0.717, 1.165) is 17.9 Å². The zero-order chi connectivity index (χ0) is 14.7. The molecule has 0 aromatic carbocycles. The second-order valence-electron chi connectivity index (χ2n) is 4.94. The first-order valence-corrected chi connectivity index (χ1v) is 6.82. The fourth-order valence-electron chi connectivity index (χ4n) is 2.26. The number of imide groups is 1. The third-order valence-electron chi connectivity index (χ3n) is 3.48. The van der Waals surface area contributed by atoms with E-state index in [1.807, 2.05) is 26.0 Å². The Morgan fingerprint density at radius 3 is 2.85 bits per heavy atom. The van der Waals surface area contributed by atoms with Crippen molar-refractivity contribution in [3.05, 3.63) is 24.0 Å². The molecule has 2 heterocycles. The highest BCUT2D eigenvalue weighted by molar-refractivity contribution is 6.04. The lowest BCUT2D eigenvalue weighted by Gasteiger charge is -2.33. The fraction of sp³-hybridized carbons (Fsp3) is 0.500. The van der Waals surface area contributed by atoms with Crippen molar-refractivity contribution in [2.24, 2.45) is 0 Å². The number of amides is 2. The van der Waals surface area contributed by atoms with Gasteiger partial charge in [0.1, 0.15) is 6.04 Å². The molecule has 2 N–H and O–H groups in total. The minimum Gasteiger partial charge on any atom is -0.349 e. The smallest absolute Gasteiger partial charge is 0.249 e. The average Bonchev–Trinajstić information content (AvgIpc) is 2.43. The van der Waals surface area contributed by atoms with Crippen LogP contribution in [0.5, 0.6) is 0 Å². The average molecular weight is 276 g/mol. The summed E-state index contributed by atoms with van der Waals surface area (Å²) in [7, 11) is 0. The zero-order valence-corrected chi connectivity index (χ0v) is 12.0. The van der Waals surface area contributed by atoms with Crippen LogP contribution in [0.1, 0.15) is 32.5 Å². The number of piperazine rings is 1. The Morgan fingerprint density at radius 2 is 2.25 bits per heavy atom. The first-order chi connectivity index (χ1) is 9.52. The van der Waals surface area contributed by atoms with Gasteiger partial charge >= 0.3 is 0 Å². The van der Waals surface area contributed by atoms with Gasteiger partial charge in [-0.2, -0.15) is 0 Å². The first kappa shape index (κ1) is 14.5. The van der Waals surface area contributed by atoms with Crippen LogP contribution >= 0.6 is 0 Å². The van der Waals surface area contributed by atoms with E-state index in [4.69, 9.17) is 0 Å². The third kappa shape index (κ3) is 2.96. The second kappa shape index (κ2) is 6.00. The van der Waals surface area contributed by atoms with Gasteiger partial charge in [0.2, 0.25) is 11.8 Å². The van der Waals surface area contributed by atoms with E-state index >= 15 is 0 Å². The number of aromatic nitrogens is 1. The van der Waals surface area contributed by atoms with Crippen LogP contribution in [0.3, 0.4) is 0 Å². The Morgan fingerprint density at radius 1 is 1.50 bits per heavy atom. The van der Waals surface area contributed by atoms with Crippen molar-refractivity contribution in [3.8, 4) is 0 Å². The molecular weight excluding hydrogens is 256 g/mol. The number of hydrogen-bond acceptors (Lipinski definition) is 5. The maximum absolute atomic E-state index is 11.6. The number of carbonyl (C=O) groups excluding carboxylic acids is 2. The van der Waals surface area contributed by atoms with Crippen molar-refractivity contribution < 1.29 is 9.59 Å². The Bertz CT molecular complexity index is 500. The van der Waals surface area contributed by atoms with Gasteiger partial charge in [-0.05, 0) is 32.5 Å². The third-order valence-corrected chi connectivity index (χ3v) is 3.48. The molecule has 1 aromatic rings. The van der Waals surface area contributed by atoms with E-state index in [0.29, 0.717) is 0 Å². The van der Waals surface area contributed by atoms with E-state index in [-0.39, 0.29) is 30.4 Å². The molecule has 2 amide bonds. The lowest BCUT2D eigenvalue weighted by atomic mass is 10.1. The summed E-state index contributed by atoms with van der Waals surface area (Å²) in [6.45, 7) is 6.92. The molecule has 1 saturated heterocycles. The van der Waals surface area contributed by atoms with Gasteiger partial charge in [0, 0.05) is 6.04 Å². The maximum atomic E-state index is 11.6. The summed E-state index contributed by atoms with van der Waals surface area (Å²) in [6, 6.07) is 3.63. The number of rotatable bonds is 4. The van der Waals surface area contributed by atoms with Crippen LogP contribution in [-0.4, -0.2) is 35.9 Å². The van der Waals surface area contributed by atoms with Crippen molar-refractivity contribution in [1.82, 2.24) is 15.6 Å². The summed E-state index contributed by atoms with van der Waals surface area (Å²) in [5.41, 5.74) is 1.73. The molecule has 20 heavy (non-hydrogen) atoms. The summed E-state index contributed by atoms with van der Waals surface area (Å²) in [5.74, 6) is -0.551. The van der Waals surface area contributed by atoms with Gasteiger partial charge in [0.05, 0.1) is 24.1 Å². The Kier molecular flexibility index (Phi) is 4.34. The Balaban J connectivity index is 2.16. The molecule has 2 atom stereocenters. The first-order valence-electron chi connectivity index (χ1n) is 6.82. The van der Waals surface area contributed by atoms with Crippen LogP contribution in [0.4, 0.5) is 5.69 Å². The number of nitrogens with one attached hydrogen (secondary N) is 2. The summed E-state index contributed by atoms with van der Waals surface area (Å²) in [5, 5.41) is 5.61. The molecule has 0 spiro atoms. The minimum atomic E-state index is -0.369. The van der Waals surface area contributed by atoms with Gasteiger partial charge in [-0.3, -0.25) is 19.9 Å². The van der Waals surface area contributed by atoms with Gasteiger partial charge in [-0.1, -0.05) is 6.92 Å². The van der Waals surface area contributed by atoms with E-state index in [9.17, 15) is 9.59 Å². The van der Waals surface area contributed by atoms with Crippen LogP contribution < -0.4 is 15.5 Å². The van der Waals surface area contributed by atoms with Crippen LogP contribution in [-0.2, 0) is 9.59 Å². The number of pyridine rings is 1. The minimum absolute atomic E-state index is 0.177. The predicted octanol–water partition coefficient (Wildman–Crippen LogP) is 0.603. The normalized spacial score (nSPS) is 20.8. The molecule has 2 unspecified atom stereocenters. The van der Waals surface area contributed by atoms with Crippen LogP contribution in [0.25, 0.3) is 0 Å². The van der Waals surface area contributed by atoms with Crippen molar-refractivity contribution in [2.45, 2.75) is 32.9 Å². The van der Waals surface area contributed by atoms with Crippen LogP contribution in [0.15, 0.2) is 18.3 Å². The van der Waals surface area contributed by atoms with Gasteiger partial charge in [-0.15, -0.1) is 0 Å². The van der Waals surface area contributed by atoms with Gasteiger partial charge in [-0.25, -0.2) is 0 Å². The maximum Gasteiger partial charge on any atom is 0.249 e. The molecule has 2 rings (SSSR count). The molecule has 6 nitrogen and oxygen atoms in total. The van der Waals surface area contributed by atoms with E-state index in [2.05, 4.69) is 15.6 Å². The highest BCUT2D eigenvalue weighted by atomic mass is 16.2. The molecule has 0 radical (unpaired) electrons. The Labute approximate surface area is 118 Å². The van der Waals surface area contributed by atoms with E-state index in [1.165, 1.54) is 0 Å². The van der Waals surface area contributed by atoms with Gasteiger partial charge in [0.25, 0.3) is 0 Å². The molecule has 108 valence electrons. The van der Waals surface area contributed by atoms with E-state index in [1.54, 1.807) is 18.0 Å². The fourth-order valence-corrected chi connectivity index (χ4v) is 2.26. The van der Waals surface area contributed by atoms with Gasteiger partial charge < -0.3 is 10.2 Å². The molecule has 0 bridgehead atoms. The number of hydrogen-bond donors (Lipinski definition) is 2. The van der Waals surface area contributed by atoms with Crippen LogP contribution in [0, 0.1) is 0 Å². The molecule has 6 heteroatoms. The quantitative estimate of drug-likeness (QED) is 0.788. The monoisotopic (exact) mass is 276 g/mol. The van der Waals surface area contributed by atoms with Crippen molar-refractivity contribution >= 4 is 17.5 Å². The highest BCUT2D eigenvalue weighted by Crippen LogP contribution is 2.20. The Hall–Kier alpha value is -1.95. The predicted molar refractivity (Wildman–Crippen MR) is 76.3 cm³/mol. The van der Waals surface area contributed by atoms with E-state index < -0.39 is 0 Å². The van der Waals surface area contributed by atoms with Crippen molar-refractivity contribution in [3.63, 3.8) is 0 Å². The topological polar surface area (TPSA) is 74.3 Å². The molecule has 1 aliphatic heterocycles. The molecule has 0 saturated carbocycles. The zero-order valence-electron chi connectivity index (χ0n) is 12.0. The summed E-state index contributed by atoms with van der Waals surface area (Å²) in [4.78, 5) is 29.3. The summed E-state index contributed by atoms with van der Waals surface area (Å²) < 4.78 is 0.